The van der Waals surface area contributed by atoms with Crippen LogP contribution in [0.15, 0.2) is 10.2 Å². The summed E-state index contributed by atoms with van der Waals surface area (Å²) < 4.78 is 2.05. The van der Waals surface area contributed by atoms with Crippen molar-refractivity contribution in [2.75, 3.05) is 0 Å². The van der Waals surface area contributed by atoms with E-state index in [0.717, 1.165) is 17.0 Å². The number of aliphatic hydroxyl groups is 1. The van der Waals surface area contributed by atoms with Crippen molar-refractivity contribution in [3.63, 3.8) is 0 Å². The van der Waals surface area contributed by atoms with Gasteiger partial charge in [-0.2, -0.15) is 5.10 Å². The number of rotatable bonds is 3. The fourth-order valence-electron chi connectivity index (χ4n) is 1.20. The Kier molecular flexibility index (Phi) is 2.80. The molecule has 2 aromatic rings. The summed E-state index contributed by atoms with van der Waals surface area (Å²) in [6, 6.07) is 0. The molecule has 0 bridgehead atoms. The van der Waals surface area contributed by atoms with Crippen molar-refractivity contribution in [1.29, 1.82) is 0 Å². The van der Waals surface area contributed by atoms with Gasteiger partial charge in [-0.05, 0) is 12.2 Å². The minimum atomic E-state index is -0.193. The van der Waals surface area contributed by atoms with E-state index in [1.807, 2.05) is 0 Å². The molecule has 2 heterocycles. The molecule has 0 atom stereocenters. The van der Waals surface area contributed by atoms with Crippen LogP contribution in [-0.4, -0.2) is 24.9 Å². The first kappa shape index (κ1) is 10.3. The summed E-state index contributed by atoms with van der Waals surface area (Å²) >= 11 is 6.08. The summed E-state index contributed by atoms with van der Waals surface area (Å²) in [6.45, 7) is 0.214. The third-order valence-corrected chi connectivity index (χ3v) is 2.91. The maximum absolute atomic E-state index is 10.9. The Morgan fingerprint density at radius 3 is 3.07 bits per heavy atom. The lowest BCUT2D eigenvalue weighted by atomic mass is 10.4. The van der Waals surface area contributed by atoms with Crippen molar-refractivity contribution in [3.8, 4) is 0 Å². The molecule has 0 aliphatic rings. The van der Waals surface area contributed by atoms with Crippen LogP contribution < -0.4 is 4.87 Å². The van der Waals surface area contributed by atoms with Crippen molar-refractivity contribution < 1.29 is 5.11 Å². The first-order valence-electron chi connectivity index (χ1n) is 4.12. The second-order valence-corrected chi connectivity index (χ2v) is 4.09. The Labute approximate surface area is 93.2 Å². The molecule has 0 saturated carbocycles. The molecule has 0 unspecified atom stereocenters. The van der Waals surface area contributed by atoms with E-state index in [1.165, 1.54) is 0 Å². The van der Waals surface area contributed by atoms with Crippen LogP contribution in [0.3, 0.4) is 0 Å². The number of nitrogens with one attached hydrogen (secondary N) is 2. The molecule has 6 nitrogen and oxygen atoms in total. The zero-order valence-corrected chi connectivity index (χ0v) is 9.19. The molecule has 0 aromatic carbocycles. The first-order valence-corrected chi connectivity index (χ1v) is 5.41. The predicted octanol–water partition coefficient (Wildman–Crippen LogP) is 0.231. The average molecular weight is 244 g/mol. The van der Waals surface area contributed by atoms with Gasteiger partial charge in [0.1, 0.15) is 6.61 Å². The largest absolute Gasteiger partial charge is 0.388 e. The van der Waals surface area contributed by atoms with E-state index in [-0.39, 0.29) is 11.5 Å². The fraction of sp³-hybridized carbons (Fsp3) is 0.286. The average Bonchev–Trinajstić information content (AvgIpc) is 2.76. The maximum Gasteiger partial charge on any atom is 0.304 e. The lowest BCUT2D eigenvalue weighted by molar-refractivity contribution is 0.265. The van der Waals surface area contributed by atoms with Crippen molar-refractivity contribution in [3.05, 3.63) is 31.3 Å². The molecule has 2 rings (SSSR count). The number of thiazole rings is 1. The Morgan fingerprint density at radius 1 is 1.67 bits per heavy atom. The molecule has 0 aliphatic heterocycles. The van der Waals surface area contributed by atoms with Crippen LogP contribution in [0.4, 0.5) is 0 Å². The molecule has 0 fully saturated rings. The van der Waals surface area contributed by atoms with Gasteiger partial charge in [-0.25, -0.2) is 0 Å². The highest BCUT2D eigenvalue weighted by atomic mass is 32.1. The Hall–Kier alpha value is -1.25. The van der Waals surface area contributed by atoms with Crippen molar-refractivity contribution in [2.45, 2.75) is 13.2 Å². The topological polar surface area (TPSA) is 86.7 Å². The summed E-state index contributed by atoms with van der Waals surface area (Å²) in [6.07, 6.45) is 0. The summed E-state index contributed by atoms with van der Waals surface area (Å²) in [4.78, 5) is 13.5. The van der Waals surface area contributed by atoms with Gasteiger partial charge in [0.15, 0.2) is 10.6 Å². The third kappa shape index (κ3) is 2.06. The molecule has 2 aromatic heterocycles. The van der Waals surface area contributed by atoms with Gasteiger partial charge in [-0.15, -0.1) is 0 Å². The zero-order chi connectivity index (χ0) is 10.8. The minimum Gasteiger partial charge on any atom is -0.388 e. The molecular formula is C7H8N4O2S2. The Morgan fingerprint density at radius 2 is 2.47 bits per heavy atom. The molecule has 0 amide bonds. The van der Waals surface area contributed by atoms with Crippen LogP contribution in [0.5, 0.6) is 0 Å². The second kappa shape index (κ2) is 4.09. The van der Waals surface area contributed by atoms with E-state index in [1.54, 1.807) is 9.95 Å². The zero-order valence-electron chi connectivity index (χ0n) is 7.56. The van der Waals surface area contributed by atoms with Gasteiger partial charge in [0.25, 0.3) is 0 Å². The van der Waals surface area contributed by atoms with E-state index >= 15 is 0 Å². The predicted molar refractivity (Wildman–Crippen MR) is 57.4 cm³/mol. The highest BCUT2D eigenvalue weighted by Crippen LogP contribution is 2.04. The quantitative estimate of drug-likeness (QED) is 0.675. The SMILES string of the molecule is O=c1[nH]c(Cn2c(CO)n[nH]c2=S)cs1. The van der Waals surface area contributed by atoms with E-state index in [0.29, 0.717) is 17.1 Å². The Bertz CT molecular complexity index is 564. The molecule has 0 saturated heterocycles. The van der Waals surface area contributed by atoms with Gasteiger partial charge >= 0.3 is 4.87 Å². The molecule has 80 valence electrons. The highest BCUT2D eigenvalue weighted by molar-refractivity contribution is 7.71. The van der Waals surface area contributed by atoms with Crippen molar-refractivity contribution in [2.24, 2.45) is 0 Å². The number of hydrogen-bond acceptors (Lipinski definition) is 5. The number of aromatic amines is 2. The highest BCUT2D eigenvalue weighted by Gasteiger charge is 2.06. The van der Waals surface area contributed by atoms with Gasteiger partial charge in [-0.3, -0.25) is 14.5 Å². The number of aromatic nitrogens is 4. The van der Waals surface area contributed by atoms with Crippen LogP contribution in [-0.2, 0) is 13.2 Å². The molecule has 0 radical (unpaired) electrons. The fourth-order valence-corrected chi connectivity index (χ4v) is 1.98. The molecule has 8 heteroatoms. The van der Waals surface area contributed by atoms with Crippen LogP contribution in [0.25, 0.3) is 0 Å². The lowest BCUT2D eigenvalue weighted by Crippen LogP contribution is -2.07. The summed E-state index contributed by atoms with van der Waals surface area (Å²) in [5.41, 5.74) is 0.747. The summed E-state index contributed by atoms with van der Waals surface area (Å²) in [7, 11) is 0. The van der Waals surface area contributed by atoms with Gasteiger partial charge in [0.2, 0.25) is 0 Å². The molecule has 3 N–H and O–H groups in total. The van der Waals surface area contributed by atoms with Crippen LogP contribution in [0, 0.1) is 4.77 Å². The molecular weight excluding hydrogens is 236 g/mol. The Balaban J connectivity index is 2.35. The summed E-state index contributed by atoms with van der Waals surface area (Å²) in [5.74, 6) is 0.451. The normalized spacial score (nSPS) is 10.7. The van der Waals surface area contributed by atoms with E-state index in [4.69, 9.17) is 17.3 Å². The number of hydrogen-bond donors (Lipinski definition) is 3. The minimum absolute atomic E-state index is 0.106. The third-order valence-electron chi connectivity index (χ3n) is 1.88. The van der Waals surface area contributed by atoms with Crippen LogP contribution in [0.2, 0.25) is 0 Å². The van der Waals surface area contributed by atoms with E-state index in [2.05, 4.69) is 15.2 Å². The van der Waals surface area contributed by atoms with E-state index < -0.39 is 0 Å². The van der Waals surface area contributed by atoms with Gasteiger partial charge in [-0.1, -0.05) is 11.3 Å². The van der Waals surface area contributed by atoms with Crippen molar-refractivity contribution >= 4 is 23.6 Å². The van der Waals surface area contributed by atoms with Crippen LogP contribution >= 0.6 is 23.6 Å². The number of aliphatic hydroxyl groups excluding tert-OH is 1. The van der Waals surface area contributed by atoms with Gasteiger partial charge in [0, 0.05) is 11.1 Å². The number of H-pyrrole nitrogens is 2. The van der Waals surface area contributed by atoms with Gasteiger partial charge < -0.3 is 10.1 Å². The monoisotopic (exact) mass is 244 g/mol. The molecule has 15 heavy (non-hydrogen) atoms. The smallest absolute Gasteiger partial charge is 0.304 e. The lowest BCUT2D eigenvalue weighted by Gasteiger charge is -2.01. The van der Waals surface area contributed by atoms with Gasteiger partial charge in [0.05, 0.1) is 6.54 Å². The van der Waals surface area contributed by atoms with Crippen LogP contribution in [0.1, 0.15) is 11.5 Å². The molecule has 0 aliphatic carbocycles. The summed E-state index contributed by atoms with van der Waals surface area (Å²) in [5, 5.41) is 17.1. The first-order chi connectivity index (χ1) is 7.20. The molecule has 0 spiro atoms. The van der Waals surface area contributed by atoms with Crippen molar-refractivity contribution in [1.82, 2.24) is 19.7 Å². The van der Waals surface area contributed by atoms with E-state index in [9.17, 15) is 4.79 Å². The second-order valence-electron chi connectivity index (χ2n) is 2.86. The maximum atomic E-state index is 10.9. The standard InChI is InChI=1S/C7H8N4O2S2/c12-2-5-9-10-6(14)11(5)1-4-3-15-7(13)8-4/h3,12H,1-2H2,(H,8,13)(H,10,14). The number of nitrogens with zero attached hydrogens (tertiary/aromatic N) is 2.